The Morgan fingerprint density at radius 2 is 1.82 bits per heavy atom. The number of carbonyl (C=O) groups is 2. The van der Waals surface area contributed by atoms with Gasteiger partial charge in [0.05, 0.1) is 36.5 Å². The molecule has 0 saturated carbocycles. The van der Waals surface area contributed by atoms with Crippen LogP contribution in [-0.2, 0) is 15.7 Å². The molecule has 34 heavy (non-hydrogen) atoms. The lowest BCUT2D eigenvalue weighted by Crippen LogP contribution is -2.52. The van der Waals surface area contributed by atoms with Crippen LogP contribution in [0, 0.1) is 6.92 Å². The molecule has 0 unspecified atom stereocenters. The van der Waals surface area contributed by atoms with Crippen LogP contribution in [0.15, 0.2) is 53.6 Å². The van der Waals surface area contributed by atoms with Crippen molar-refractivity contribution >= 4 is 17.6 Å². The van der Waals surface area contributed by atoms with Gasteiger partial charge >= 0.3 is 12.2 Å². The highest BCUT2D eigenvalue weighted by molar-refractivity contribution is 6.08. The lowest BCUT2D eigenvalue weighted by atomic mass is 10.0. The zero-order valence-corrected chi connectivity index (χ0v) is 18.8. The number of morpholine rings is 1. The monoisotopic (exact) mass is 474 g/mol. The molecule has 2 aromatic rings. The molecular formula is C24H25F3N4O3. The number of carbonyl (C=O) groups excluding carboxylic acids is 2. The normalized spacial score (nSPS) is 19.7. The standard InChI is InChI=1S/C24H25F3N4O3/c1-15-3-5-18(6-4-15)22-20(30-11-12-34-14-21(30)32)13-31(29-22)23(33)28-16(2)17-7-9-19(10-8-17)24(25,26)27/h3-10,16,20H,11-14H2,1-2H3,(H,28,33)/t16-,20-/m1/s1. The molecule has 3 amide bonds. The number of alkyl halides is 3. The molecule has 2 heterocycles. The number of hydrazone groups is 1. The minimum Gasteiger partial charge on any atom is -0.370 e. The van der Waals surface area contributed by atoms with Crippen molar-refractivity contribution in [2.75, 3.05) is 26.3 Å². The summed E-state index contributed by atoms with van der Waals surface area (Å²) in [6.07, 6.45) is -4.42. The Hall–Kier alpha value is -3.40. The smallest absolute Gasteiger partial charge is 0.370 e. The average Bonchev–Trinajstić information content (AvgIpc) is 3.25. The summed E-state index contributed by atoms with van der Waals surface area (Å²) in [5.74, 6) is -0.170. The number of ether oxygens (including phenoxy) is 1. The van der Waals surface area contributed by atoms with Crippen molar-refractivity contribution in [3.63, 3.8) is 0 Å². The maximum absolute atomic E-state index is 13.0. The lowest BCUT2D eigenvalue weighted by Gasteiger charge is -2.33. The third-order valence-electron chi connectivity index (χ3n) is 5.95. The first-order chi connectivity index (χ1) is 16.1. The first kappa shape index (κ1) is 23.7. The second-order valence-electron chi connectivity index (χ2n) is 8.38. The van der Waals surface area contributed by atoms with E-state index < -0.39 is 29.9 Å². The molecule has 4 rings (SSSR count). The van der Waals surface area contributed by atoms with E-state index in [2.05, 4.69) is 10.4 Å². The summed E-state index contributed by atoms with van der Waals surface area (Å²) in [4.78, 5) is 27.2. The second kappa shape index (κ2) is 9.46. The molecule has 180 valence electrons. The molecule has 1 saturated heterocycles. The van der Waals surface area contributed by atoms with E-state index in [1.165, 1.54) is 17.1 Å². The predicted octanol–water partition coefficient (Wildman–Crippen LogP) is 3.73. The number of halogens is 3. The SMILES string of the molecule is Cc1ccc(C2=NN(C(=O)N[C@H](C)c3ccc(C(F)(F)F)cc3)C[C@H]2N2CCOCC2=O)cc1. The van der Waals surface area contributed by atoms with E-state index >= 15 is 0 Å². The van der Waals surface area contributed by atoms with Crippen LogP contribution < -0.4 is 5.32 Å². The quantitative estimate of drug-likeness (QED) is 0.734. The largest absolute Gasteiger partial charge is 0.416 e. The molecular weight excluding hydrogens is 449 g/mol. The van der Waals surface area contributed by atoms with Gasteiger partial charge in [0.1, 0.15) is 6.61 Å². The number of rotatable bonds is 4. The van der Waals surface area contributed by atoms with Crippen molar-refractivity contribution in [2.24, 2.45) is 5.10 Å². The predicted molar refractivity (Wildman–Crippen MR) is 119 cm³/mol. The van der Waals surface area contributed by atoms with Crippen molar-refractivity contribution in [3.8, 4) is 0 Å². The van der Waals surface area contributed by atoms with Crippen LogP contribution in [0.25, 0.3) is 0 Å². The summed E-state index contributed by atoms with van der Waals surface area (Å²) in [6, 6.07) is 10.9. The number of hydrogen-bond acceptors (Lipinski definition) is 4. The van der Waals surface area contributed by atoms with E-state index in [0.29, 0.717) is 24.4 Å². The van der Waals surface area contributed by atoms with Gasteiger partial charge in [0.15, 0.2) is 0 Å². The van der Waals surface area contributed by atoms with Gasteiger partial charge in [0, 0.05) is 6.54 Å². The highest BCUT2D eigenvalue weighted by Gasteiger charge is 2.38. The third kappa shape index (κ3) is 5.06. The number of amides is 3. The number of hydrogen-bond donors (Lipinski definition) is 1. The van der Waals surface area contributed by atoms with E-state index in [-0.39, 0.29) is 19.1 Å². The zero-order chi connectivity index (χ0) is 24.5. The van der Waals surface area contributed by atoms with E-state index in [9.17, 15) is 22.8 Å². The van der Waals surface area contributed by atoms with Gasteiger partial charge in [-0.3, -0.25) is 4.79 Å². The molecule has 1 fully saturated rings. The van der Waals surface area contributed by atoms with Crippen LogP contribution in [0.1, 0.15) is 35.2 Å². The van der Waals surface area contributed by atoms with Crippen LogP contribution >= 0.6 is 0 Å². The zero-order valence-electron chi connectivity index (χ0n) is 18.8. The fraction of sp³-hybridized carbons (Fsp3) is 0.375. The molecule has 2 aliphatic rings. The summed E-state index contributed by atoms with van der Waals surface area (Å²) >= 11 is 0. The highest BCUT2D eigenvalue weighted by Crippen LogP contribution is 2.30. The number of aryl methyl sites for hydroxylation is 1. The Labute approximate surface area is 195 Å². The molecule has 1 N–H and O–H groups in total. The van der Waals surface area contributed by atoms with Crippen LogP contribution in [0.4, 0.5) is 18.0 Å². The van der Waals surface area contributed by atoms with Gasteiger partial charge in [-0.05, 0) is 37.1 Å². The Morgan fingerprint density at radius 1 is 1.15 bits per heavy atom. The Kier molecular flexibility index (Phi) is 6.60. The number of nitrogens with zero attached hydrogens (tertiary/aromatic N) is 3. The number of benzene rings is 2. The molecule has 2 aliphatic heterocycles. The van der Waals surface area contributed by atoms with Crippen molar-refractivity contribution in [1.82, 2.24) is 15.2 Å². The summed E-state index contributed by atoms with van der Waals surface area (Å²) < 4.78 is 43.7. The molecule has 0 aliphatic carbocycles. The van der Waals surface area contributed by atoms with Gasteiger partial charge in [-0.25, -0.2) is 9.80 Å². The third-order valence-corrected chi connectivity index (χ3v) is 5.95. The van der Waals surface area contributed by atoms with Crippen molar-refractivity contribution in [2.45, 2.75) is 32.1 Å². The lowest BCUT2D eigenvalue weighted by molar-refractivity contribution is -0.144. The molecule has 0 aromatic heterocycles. The minimum atomic E-state index is -4.42. The molecule has 0 spiro atoms. The number of nitrogens with one attached hydrogen (secondary N) is 1. The summed E-state index contributed by atoms with van der Waals surface area (Å²) in [5.41, 5.74) is 2.26. The number of urea groups is 1. The maximum Gasteiger partial charge on any atom is 0.416 e. The Bertz CT molecular complexity index is 1080. The van der Waals surface area contributed by atoms with E-state index in [1.807, 2.05) is 31.2 Å². The summed E-state index contributed by atoms with van der Waals surface area (Å²) in [5, 5.41) is 8.58. The van der Waals surface area contributed by atoms with E-state index in [1.54, 1.807) is 11.8 Å². The molecule has 7 nitrogen and oxygen atoms in total. The fourth-order valence-corrected chi connectivity index (χ4v) is 4.00. The molecule has 2 aromatic carbocycles. The average molecular weight is 474 g/mol. The molecule has 10 heteroatoms. The Balaban J connectivity index is 1.52. The maximum atomic E-state index is 13.0. The fourth-order valence-electron chi connectivity index (χ4n) is 4.00. The summed E-state index contributed by atoms with van der Waals surface area (Å²) in [7, 11) is 0. The van der Waals surface area contributed by atoms with Gasteiger partial charge in [-0.1, -0.05) is 42.0 Å². The molecule has 0 radical (unpaired) electrons. The van der Waals surface area contributed by atoms with Gasteiger partial charge < -0.3 is 15.0 Å². The van der Waals surface area contributed by atoms with Crippen LogP contribution in [0.3, 0.4) is 0 Å². The van der Waals surface area contributed by atoms with E-state index in [4.69, 9.17) is 4.74 Å². The van der Waals surface area contributed by atoms with Gasteiger partial charge in [-0.15, -0.1) is 0 Å². The second-order valence-corrected chi connectivity index (χ2v) is 8.38. The minimum absolute atomic E-state index is 0.0190. The summed E-state index contributed by atoms with van der Waals surface area (Å²) in [6.45, 7) is 4.59. The van der Waals surface area contributed by atoms with Gasteiger partial charge in [0.2, 0.25) is 5.91 Å². The van der Waals surface area contributed by atoms with E-state index in [0.717, 1.165) is 23.3 Å². The van der Waals surface area contributed by atoms with Crippen LogP contribution in [-0.4, -0.2) is 59.9 Å². The Morgan fingerprint density at radius 3 is 2.44 bits per heavy atom. The van der Waals surface area contributed by atoms with Crippen molar-refractivity contribution in [3.05, 3.63) is 70.8 Å². The first-order valence-corrected chi connectivity index (χ1v) is 10.9. The first-order valence-electron chi connectivity index (χ1n) is 10.9. The molecule has 0 bridgehead atoms. The van der Waals surface area contributed by atoms with Crippen LogP contribution in [0.5, 0.6) is 0 Å². The van der Waals surface area contributed by atoms with Gasteiger partial charge in [0.25, 0.3) is 0 Å². The highest BCUT2D eigenvalue weighted by atomic mass is 19.4. The molecule has 2 atom stereocenters. The van der Waals surface area contributed by atoms with Gasteiger partial charge in [-0.2, -0.15) is 18.3 Å². The topological polar surface area (TPSA) is 74.2 Å². The van der Waals surface area contributed by atoms with Crippen molar-refractivity contribution < 1.29 is 27.5 Å². The van der Waals surface area contributed by atoms with Crippen LogP contribution in [0.2, 0.25) is 0 Å². The van der Waals surface area contributed by atoms with Crippen molar-refractivity contribution in [1.29, 1.82) is 0 Å².